The fourth-order valence-corrected chi connectivity index (χ4v) is 1.73. The molecule has 1 aromatic rings. The number of hydrogen-bond acceptors (Lipinski definition) is 5. The SMILES string of the molecule is CC(O)(CNC(=O)CNC(=O)c1ccc(Br)o1)CC(=O)O. The Morgan fingerprint density at radius 2 is 2.00 bits per heavy atom. The molecule has 1 heterocycles. The summed E-state index contributed by atoms with van der Waals surface area (Å²) in [5.41, 5.74) is -1.56. The van der Waals surface area contributed by atoms with Gasteiger partial charge in [0.2, 0.25) is 5.91 Å². The monoisotopic (exact) mass is 362 g/mol. The zero-order chi connectivity index (χ0) is 16.0. The summed E-state index contributed by atoms with van der Waals surface area (Å²) in [5, 5.41) is 22.9. The molecule has 0 saturated carbocycles. The van der Waals surface area contributed by atoms with Crippen molar-refractivity contribution in [2.45, 2.75) is 18.9 Å². The van der Waals surface area contributed by atoms with E-state index in [1.165, 1.54) is 19.1 Å². The molecule has 0 fully saturated rings. The van der Waals surface area contributed by atoms with Crippen LogP contribution in [0.5, 0.6) is 0 Å². The molecule has 0 radical (unpaired) electrons. The van der Waals surface area contributed by atoms with E-state index < -0.39 is 29.8 Å². The number of carbonyl (C=O) groups is 3. The second-order valence-electron chi connectivity index (χ2n) is 4.63. The Balaban J connectivity index is 2.34. The Kier molecular flexibility index (Phi) is 5.91. The minimum absolute atomic E-state index is 0.0487. The summed E-state index contributed by atoms with van der Waals surface area (Å²) in [6.07, 6.45) is -0.500. The summed E-state index contributed by atoms with van der Waals surface area (Å²) >= 11 is 3.05. The molecule has 116 valence electrons. The largest absolute Gasteiger partial charge is 0.481 e. The molecular formula is C12H15BrN2O6. The molecular weight excluding hydrogens is 348 g/mol. The van der Waals surface area contributed by atoms with Crippen molar-refractivity contribution in [1.82, 2.24) is 10.6 Å². The van der Waals surface area contributed by atoms with Crippen molar-refractivity contribution >= 4 is 33.7 Å². The molecule has 4 N–H and O–H groups in total. The first-order chi connectivity index (χ1) is 9.69. The summed E-state index contributed by atoms with van der Waals surface area (Å²) in [6.45, 7) is 0.737. The molecule has 0 aliphatic heterocycles. The maximum absolute atomic E-state index is 11.6. The van der Waals surface area contributed by atoms with Crippen LogP contribution in [0.15, 0.2) is 21.2 Å². The van der Waals surface area contributed by atoms with E-state index in [4.69, 9.17) is 9.52 Å². The van der Waals surface area contributed by atoms with Crippen LogP contribution in [-0.4, -0.2) is 46.7 Å². The summed E-state index contributed by atoms with van der Waals surface area (Å²) in [6, 6.07) is 2.98. The highest BCUT2D eigenvalue weighted by atomic mass is 79.9. The van der Waals surface area contributed by atoms with Gasteiger partial charge in [0.25, 0.3) is 5.91 Å². The highest BCUT2D eigenvalue weighted by Gasteiger charge is 2.24. The van der Waals surface area contributed by atoms with Crippen LogP contribution < -0.4 is 10.6 Å². The number of rotatable bonds is 7. The van der Waals surface area contributed by atoms with Crippen LogP contribution in [-0.2, 0) is 9.59 Å². The van der Waals surface area contributed by atoms with E-state index in [-0.39, 0.29) is 18.8 Å². The van der Waals surface area contributed by atoms with E-state index in [1.807, 2.05) is 0 Å². The molecule has 0 bridgehead atoms. The molecule has 0 aromatic carbocycles. The van der Waals surface area contributed by atoms with Gasteiger partial charge in [-0.05, 0) is 35.0 Å². The average Bonchev–Trinajstić information content (AvgIpc) is 2.79. The van der Waals surface area contributed by atoms with Crippen LogP contribution in [0.3, 0.4) is 0 Å². The zero-order valence-corrected chi connectivity index (χ0v) is 12.8. The van der Waals surface area contributed by atoms with Crippen molar-refractivity contribution < 1.29 is 29.0 Å². The Morgan fingerprint density at radius 1 is 1.33 bits per heavy atom. The molecule has 2 amide bonds. The number of aliphatic carboxylic acids is 1. The molecule has 8 nitrogen and oxygen atoms in total. The highest BCUT2D eigenvalue weighted by Crippen LogP contribution is 2.13. The topological polar surface area (TPSA) is 129 Å². The van der Waals surface area contributed by atoms with Crippen LogP contribution in [0, 0.1) is 0 Å². The number of halogens is 1. The van der Waals surface area contributed by atoms with Gasteiger partial charge in [0, 0.05) is 6.54 Å². The van der Waals surface area contributed by atoms with Gasteiger partial charge in [-0.2, -0.15) is 0 Å². The Morgan fingerprint density at radius 3 is 2.52 bits per heavy atom. The minimum atomic E-state index is -1.56. The normalized spacial score (nSPS) is 13.3. The molecule has 1 atom stereocenters. The van der Waals surface area contributed by atoms with E-state index in [2.05, 4.69) is 26.6 Å². The Bertz CT molecular complexity index is 540. The number of carbonyl (C=O) groups excluding carboxylic acids is 2. The standard InChI is InChI=1S/C12H15BrN2O6/c1-12(20,4-10(17)18)6-15-9(16)5-14-11(19)7-2-3-8(13)21-7/h2-3,20H,4-6H2,1H3,(H,14,19)(H,15,16)(H,17,18). The van der Waals surface area contributed by atoms with Crippen molar-refractivity contribution in [2.75, 3.05) is 13.1 Å². The van der Waals surface area contributed by atoms with Crippen molar-refractivity contribution in [1.29, 1.82) is 0 Å². The molecule has 0 spiro atoms. The summed E-state index contributed by atoms with van der Waals surface area (Å²) in [5.74, 6) is -2.24. The smallest absolute Gasteiger partial charge is 0.306 e. The quantitative estimate of drug-likeness (QED) is 0.544. The number of carboxylic acid groups (broad SMARTS) is 1. The molecule has 1 unspecified atom stereocenters. The van der Waals surface area contributed by atoms with Gasteiger partial charge in [0.1, 0.15) is 0 Å². The van der Waals surface area contributed by atoms with Crippen molar-refractivity contribution in [2.24, 2.45) is 0 Å². The van der Waals surface area contributed by atoms with Gasteiger partial charge in [-0.25, -0.2) is 0 Å². The molecule has 21 heavy (non-hydrogen) atoms. The lowest BCUT2D eigenvalue weighted by atomic mass is 10.0. The third-order valence-corrected chi connectivity index (χ3v) is 2.83. The van der Waals surface area contributed by atoms with E-state index in [0.29, 0.717) is 4.67 Å². The lowest BCUT2D eigenvalue weighted by molar-refractivity contribution is -0.142. The van der Waals surface area contributed by atoms with Gasteiger partial charge in [-0.1, -0.05) is 0 Å². The van der Waals surface area contributed by atoms with E-state index >= 15 is 0 Å². The fourth-order valence-electron chi connectivity index (χ4n) is 1.42. The maximum atomic E-state index is 11.6. The van der Waals surface area contributed by atoms with Gasteiger partial charge >= 0.3 is 5.97 Å². The van der Waals surface area contributed by atoms with E-state index in [0.717, 1.165) is 0 Å². The summed E-state index contributed by atoms with van der Waals surface area (Å²) in [7, 11) is 0. The van der Waals surface area contributed by atoms with Crippen LogP contribution in [0.2, 0.25) is 0 Å². The second-order valence-corrected chi connectivity index (χ2v) is 5.41. The first-order valence-corrected chi connectivity index (χ1v) is 6.73. The van der Waals surface area contributed by atoms with Crippen LogP contribution in [0.1, 0.15) is 23.9 Å². The van der Waals surface area contributed by atoms with E-state index in [1.54, 1.807) is 0 Å². The molecule has 0 saturated heterocycles. The lowest BCUT2D eigenvalue weighted by Gasteiger charge is -2.21. The van der Waals surface area contributed by atoms with Crippen molar-refractivity contribution in [3.05, 3.63) is 22.6 Å². The Labute approximate surface area is 128 Å². The highest BCUT2D eigenvalue weighted by molar-refractivity contribution is 9.10. The number of nitrogens with one attached hydrogen (secondary N) is 2. The fraction of sp³-hybridized carbons (Fsp3) is 0.417. The van der Waals surface area contributed by atoms with Gasteiger partial charge in [0.05, 0.1) is 18.6 Å². The lowest BCUT2D eigenvalue weighted by Crippen LogP contribution is -2.45. The third-order valence-electron chi connectivity index (χ3n) is 2.40. The molecule has 1 rings (SSSR count). The minimum Gasteiger partial charge on any atom is -0.481 e. The third kappa shape index (κ3) is 6.41. The number of aliphatic hydroxyl groups is 1. The Hall–Kier alpha value is -1.87. The first kappa shape index (κ1) is 17.2. The molecule has 1 aromatic heterocycles. The van der Waals surface area contributed by atoms with Crippen LogP contribution in [0.25, 0.3) is 0 Å². The van der Waals surface area contributed by atoms with Crippen LogP contribution in [0.4, 0.5) is 0 Å². The van der Waals surface area contributed by atoms with Gasteiger partial charge in [-0.3, -0.25) is 14.4 Å². The van der Waals surface area contributed by atoms with E-state index in [9.17, 15) is 19.5 Å². The molecule has 0 aliphatic carbocycles. The predicted molar refractivity (Wildman–Crippen MR) is 74.6 cm³/mol. The molecule has 0 aliphatic rings. The van der Waals surface area contributed by atoms with Gasteiger partial charge in [0.15, 0.2) is 10.4 Å². The van der Waals surface area contributed by atoms with Gasteiger partial charge < -0.3 is 25.3 Å². The number of carboxylic acids is 1. The maximum Gasteiger partial charge on any atom is 0.306 e. The number of hydrogen-bond donors (Lipinski definition) is 4. The number of furan rings is 1. The molecule has 9 heteroatoms. The summed E-state index contributed by atoms with van der Waals surface area (Å²) in [4.78, 5) is 33.6. The first-order valence-electron chi connectivity index (χ1n) is 5.94. The number of amides is 2. The summed E-state index contributed by atoms with van der Waals surface area (Å²) < 4.78 is 5.39. The average molecular weight is 363 g/mol. The second kappa shape index (κ2) is 7.23. The van der Waals surface area contributed by atoms with Crippen LogP contribution >= 0.6 is 15.9 Å². The van der Waals surface area contributed by atoms with Crippen molar-refractivity contribution in [3.63, 3.8) is 0 Å². The predicted octanol–water partition coefficient (Wildman–Crippen LogP) is 0.114. The van der Waals surface area contributed by atoms with Crippen molar-refractivity contribution in [3.8, 4) is 0 Å². The zero-order valence-electron chi connectivity index (χ0n) is 11.2. The van der Waals surface area contributed by atoms with Gasteiger partial charge in [-0.15, -0.1) is 0 Å².